The lowest BCUT2D eigenvalue weighted by Crippen LogP contribution is -2.23. The van der Waals surface area contributed by atoms with E-state index in [0.29, 0.717) is 17.0 Å². The maximum atomic E-state index is 9.32. The van der Waals surface area contributed by atoms with Crippen molar-refractivity contribution < 1.29 is 0 Å². The molecule has 3 heterocycles. The Kier molecular flexibility index (Phi) is 5.46. The third-order valence-electron chi connectivity index (χ3n) is 4.57. The van der Waals surface area contributed by atoms with Gasteiger partial charge < -0.3 is 15.3 Å². The van der Waals surface area contributed by atoms with Crippen LogP contribution in [0, 0.1) is 29.1 Å². The van der Waals surface area contributed by atoms with Crippen LogP contribution >= 0.6 is 0 Å². The fourth-order valence-electron chi connectivity index (χ4n) is 2.96. The molecule has 0 amide bonds. The van der Waals surface area contributed by atoms with Crippen molar-refractivity contribution in [3.8, 4) is 17.3 Å². The van der Waals surface area contributed by atoms with Crippen LogP contribution in [0.3, 0.4) is 0 Å². The predicted octanol–water partition coefficient (Wildman–Crippen LogP) is 3.84. The fourth-order valence-corrected chi connectivity index (χ4v) is 2.96. The highest BCUT2D eigenvalue weighted by molar-refractivity contribution is 6.10. The van der Waals surface area contributed by atoms with E-state index in [1.165, 1.54) is 6.21 Å². The molecule has 0 aliphatic heterocycles. The largest absolute Gasteiger partial charge is 0.390 e. The molecule has 0 aliphatic rings. The number of fused-ring (bicyclic) bond motifs is 1. The minimum atomic E-state index is 0.112. The highest BCUT2D eigenvalue weighted by Gasteiger charge is 2.15. The minimum Gasteiger partial charge on any atom is -0.390 e. The van der Waals surface area contributed by atoms with Gasteiger partial charge in [0.15, 0.2) is 5.65 Å². The number of hydrogen-bond acceptors (Lipinski definition) is 6. The maximum Gasteiger partial charge on any atom is 0.159 e. The molecule has 0 atom stereocenters. The Hall–Kier alpha value is -3.53. The lowest BCUT2D eigenvalue weighted by molar-refractivity contribution is 0.403. The number of rotatable bonds is 5. The van der Waals surface area contributed by atoms with Gasteiger partial charge in [-0.3, -0.25) is 0 Å². The van der Waals surface area contributed by atoms with E-state index in [1.807, 2.05) is 36.9 Å². The summed E-state index contributed by atoms with van der Waals surface area (Å²) in [7, 11) is 1.92. The molecule has 0 fully saturated rings. The van der Waals surface area contributed by atoms with Gasteiger partial charge >= 0.3 is 0 Å². The first-order chi connectivity index (χ1) is 13.7. The van der Waals surface area contributed by atoms with Crippen molar-refractivity contribution in [3.63, 3.8) is 0 Å². The van der Waals surface area contributed by atoms with E-state index in [2.05, 4.69) is 47.1 Å². The van der Waals surface area contributed by atoms with E-state index in [9.17, 15) is 5.26 Å². The normalized spacial score (nSPS) is 12.1. The monoisotopic (exact) mass is 387 g/mol. The molecule has 3 aromatic heterocycles. The molecule has 0 bridgehead atoms. The molecule has 3 aromatic rings. The quantitative estimate of drug-likeness (QED) is 0.648. The van der Waals surface area contributed by atoms with E-state index in [0.717, 1.165) is 34.7 Å². The van der Waals surface area contributed by atoms with Crippen molar-refractivity contribution in [2.45, 2.75) is 27.7 Å². The molecular formula is C22H25N7. The molecule has 3 rings (SSSR count). The molecule has 0 saturated carbocycles. The van der Waals surface area contributed by atoms with Gasteiger partial charge in [-0.1, -0.05) is 20.8 Å². The molecule has 0 unspecified atom stereocenters. The number of hydrogen-bond donors (Lipinski definition) is 2. The van der Waals surface area contributed by atoms with Gasteiger partial charge in [0.1, 0.15) is 23.1 Å². The van der Waals surface area contributed by atoms with Gasteiger partial charge in [0.05, 0.1) is 5.69 Å². The summed E-state index contributed by atoms with van der Waals surface area (Å²) >= 11 is 0. The summed E-state index contributed by atoms with van der Waals surface area (Å²) in [5.41, 5.74) is 4.78. The zero-order chi connectivity index (χ0) is 21.2. The van der Waals surface area contributed by atoms with Crippen molar-refractivity contribution in [3.05, 3.63) is 47.7 Å². The third-order valence-corrected chi connectivity index (χ3v) is 4.57. The SMILES string of the molecule is Cc1nc2cc(-c3nc(C#N)ccc3/C(C=N)=C/NCC(C)(C)C)cnc2n1C. The first kappa shape index (κ1) is 20.2. The smallest absolute Gasteiger partial charge is 0.159 e. The van der Waals surface area contributed by atoms with Gasteiger partial charge in [-0.25, -0.2) is 15.0 Å². The summed E-state index contributed by atoms with van der Waals surface area (Å²) in [6.45, 7) is 9.12. The second-order valence-corrected chi connectivity index (χ2v) is 8.17. The Morgan fingerprint density at radius 1 is 1.31 bits per heavy atom. The number of aryl methyl sites for hydroxylation is 2. The van der Waals surface area contributed by atoms with Crippen LogP contribution in [0.5, 0.6) is 0 Å². The van der Waals surface area contributed by atoms with Crippen LogP contribution in [0.4, 0.5) is 0 Å². The molecule has 0 saturated heterocycles. The average molecular weight is 387 g/mol. The van der Waals surface area contributed by atoms with Crippen LogP contribution in [0.2, 0.25) is 0 Å². The molecule has 7 heteroatoms. The molecule has 0 aromatic carbocycles. The van der Waals surface area contributed by atoms with Gasteiger partial charge in [-0.2, -0.15) is 5.26 Å². The molecular weight excluding hydrogens is 362 g/mol. The molecule has 0 spiro atoms. The number of allylic oxidation sites excluding steroid dienone is 1. The van der Waals surface area contributed by atoms with Crippen molar-refractivity contribution in [1.82, 2.24) is 24.8 Å². The van der Waals surface area contributed by atoms with Crippen LogP contribution in [-0.4, -0.2) is 32.3 Å². The summed E-state index contributed by atoms with van der Waals surface area (Å²) in [5, 5.41) is 20.5. The second-order valence-electron chi connectivity index (χ2n) is 8.17. The van der Waals surface area contributed by atoms with Gasteiger partial charge in [0, 0.05) is 48.9 Å². The summed E-state index contributed by atoms with van der Waals surface area (Å²) < 4.78 is 1.93. The molecule has 2 N–H and O–H groups in total. The van der Waals surface area contributed by atoms with Crippen molar-refractivity contribution in [2.75, 3.05) is 6.54 Å². The van der Waals surface area contributed by atoms with Gasteiger partial charge in [0.2, 0.25) is 0 Å². The summed E-state index contributed by atoms with van der Waals surface area (Å²) in [4.78, 5) is 13.6. The molecule has 0 radical (unpaired) electrons. The van der Waals surface area contributed by atoms with Crippen LogP contribution < -0.4 is 5.32 Å². The minimum absolute atomic E-state index is 0.112. The zero-order valence-electron chi connectivity index (χ0n) is 17.4. The molecule has 29 heavy (non-hydrogen) atoms. The topological polar surface area (TPSA) is 103 Å². The van der Waals surface area contributed by atoms with E-state index in [1.54, 1.807) is 12.3 Å². The first-order valence-electron chi connectivity index (χ1n) is 9.38. The van der Waals surface area contributed by atoms with E-state index < -0.39 is 0 Å². The van der Waals surface area contributed by atoms with Crippen LogP contribution in [0.1, 0.15) is 37.9 Å². The van der Waals surface area contributed by atoms with E-state index >= 15 is 0 Å². The zero-order valence-corrected chi connectivity index (χ0v) is 17.4. The van der Waals surface area contributed by atoms with Crippen molar-refractivity contribution in [1.29, 1.82) is 10.7 Å². The van der Waals surface area contributed by atoms with Gasteiger partial charge in [0.25, 0.3) is 0 Å². The number of nitrogens with zero attached hydrogens (tertiary/aromatic N) is 5. The summed E-state index contributed by atoms with van der Waals surface area (Å²) in [6, 6.07) is 7.50. The maximum absolute atomic E-state index is 9.32. The van der Waals surface area contributed by atoms with Gasteiger partial charge in [-0.15, -0.1) is 0 Å². The molecule has 7 nitrogen and oxygen atoms in total. The Labute approximate surface area is 170 Å². The van der Waals surface area contributed by atoms with Crippen molar-refractivity contribution in [2.24, 2.45) is 12.5 Å². The Morgan fingerprint density at radius 2 is 2.07 bits per heavy atom. The third kappa shape index (κ3) is 4.32. The average Bonchev–Trinajstić information content (AvgIpc) is 2.97. The lowest BCUT2D eigenvalue weighted by atomic mass is 9.97. The van der Waals surface area contributed by atoms with Crippen LogP contribution in [-0.2, 0) is 7.05 Å². The molecule has 0 aliphatic carbocycles. The Morgan fingerprint density at radius 3 is 2.72 bits per heavy atom. The second kappa shape index (κ2) is 7.84. The Bertz CT molecular complexity index is 1140. The first-order valence-corrected chi connectivity index (χ1v) is 9.38. The highest BCUT2D eigenvalue weighted by atomic mass is 15.1. The number of aromatic nitrogens is 4. The van der Waals surface area contributed by atoms with E-state index in [4.69, 9.17) is 5.41 Å². The predicted molar refractivity (Wildman–Crippen MR) is 115 cm³/mol. The Balaban J connectivity index is 2.11. The molecule has 148 valence electrons. The lowest BCUT2D eigenvalue weighted by Gasteiger charge is -2.18. The number of imidazole rings is 1. The highest BCUT2D eigenvalue weighted by Crippen LogP contribution is 2.28. The van der Waals surface area contributed by atoms with E-state index in [-0.39, 0.29) is 5.41 Å². The van der Waals surface area contributed by atoms with Crippen LogP contribution in [0.15, 0.2) is 30.6 Å². The number of nitrogens with one attached hydrogen (secondary N) is 2. The van der Waals surface area contributed by atoms with Crippen molar-refractivity contribution >= 4 is 23.0 Å². The van der Waals surface area contributed by atoms with Crippen LogP contribution in [0.25, 0.3) is 28.0 Å². The number of nitriles is 1. The number of pyridine rings is 2. The summed E-state index contributed by atoms with van der Waals surface area (Å²) in [5.74, 6) is 0.870. The standard InChI is InChI=1S/C22H25N7/c1-14-27-19-8-15(12-26-21(19)29(14)5)20-18(7-6-17(10-24)28-20)16(9-23)11-25-13-22(2,3)4/h6-9,11-12,23,25H,13H2,1-5H3/b16-11+,23-9?. The fraction of sp³-hybridized carbons (Fsp3) is 0.318. The van der Waals surface area contributed by atoms with Gasteiger partial charge in [-0.05, 0) is 30.5 Å². The summed E-state index contributed by atoms with van der Waals surface area (Å²) in [6.07, 6.45) is 4.85.